The SMILES string of the molecule is O=C(O)CCCc1ccc(CF)cc1Cl. The van der Waals surface area contributed by atoms with Gasteiger partial charge in [-0.3, -0.25) is 4.79 Å². The maximum Gasteiger partial charge on any atom is 0.303 e. The van der Waals surface area contributed by atoms with Gasteiger partial charge in [0.05, 0.1) is 0 Å². The summed E-state index contributed by atoms with van der Waals surface area (Å²) < 4.78 is 12.3. The summed E-state index contributed by atoms with van der Waals surface area (Å²) >= 11 is 5.91. The fourth-order valence-electron chi connectivity index (χ4n) is 1.31. The van der Waals surface area contributed by atoms with E-state index in [1.165, 1.54) is 0 Å². The second-order valence-corrected chi connectivity index (χ2v) is 3.71. The van der Waals surface area contributed by atoms with E-state index in [9.17, 15) is 9.18 Å². The number of carboxylic acids is 1. The molecule has 0 saturated carbocycles. The largest absolute Gasteiger partial charge is 0.481 e. The van der Waals surface area contributed by atoms with Crippen LogP contribution in [0.2, 0.25) is 5.02 Å². The van der Waals surface area contributed by atoms with Crippen molar-refractivity contribution < 1.29 is 14.3 Å². The molecular weight excluding hydrogens is 219 g/mol. The van der Waals surface area contributed by atoms with Gasteiger partial charge in [-0.15, -0.1) is 0 Å². The van der Waals surface area contributed by atoms with E-state index in [0.29, 0.717) is 23.4 Å². The average Bonchev–Trinajstić information content (AvgIpc) is 2.20. The molecule has 0 radical (unpaired) electrons. The summed E-state index contributed by atoms with van der Waals surface area (Å²) in [6.07, 6.45) is 1.28. The van der Waals surface area contributed by atoms with Crippen LogP contribution in [0.25, 0.3) is 0 Å². The Hall–Kier alpha value is -1.09. The van der Waals surface area contributed by atoms with Gasteiger partial charge in [-0.05, 0) is 30.0 Å². The first kappa shape index (κ1) is 12.0. The highest BCUT2D eigenvalue weighted by Gasteiger charge is 2.03. The number of carbonyl (C=O) groups is 1. The van der Waals surface area contributed by atoms with Crippen LogP contribution in [-0.4, -0.2) is 11.1 Å². The smallest absolute Gasteiger partial charge is 0.303 e. The van der Waals surface area contributed by atoms with Crippen molar-refractivity contribution in [3.05, 3.63) is 34.3 Å². The second-order valence-electron chi connectivity index (χ2n) is 3.31. The summed E-state index contributed by atoms with van der Waals surface area (Å²) in [5, 5.41) is 8.97. The third-order valence-electron chi connectivity index (χ3n) is 2.11. The molecule has 0 saturated heterocycles. The van der Waals surface area contributed by atoms with Crippen LogP contribution in [0.1, 0.15) is 24.0 Å². The van der Waals surface area contributed by atoms with Crippen LogP contribution >= 0.6 is 11.6 Å². The summed E-state index contributed by atoms with van der Waals surface area (Å²) in [7, 11) is 0. The number of benzene rings is 1. The summed E-state index contributed by atoms with van der Waals surface area (Å²) in [5.74, 6) is -0.813. The normalized spacial score (nSPS) is 10.3. The Morgan fingerprint density at radius 1 is 1.47 bits per heavy atom. The Morgan fingerprint density at radius 3 is 2.73 bits per heavy atom. The zero-order valence-corrected chi connectivity index (χ0v) is 8.93. The molecule has 0 aromatic heterocycles. The number of hydrogen-bond acceptors (Lipinski definition) is 1. The number of rotatable bonds is 5. The number of aliphatic carboxylic acids is 1. The first-order valence-corrected chi connectivity index (χ1v) is 5.06. The van der Waals surface area contributed by atoms with E-state index in [0.717, 1.165) is 5.56 Å². The highest BCUT2D eigenvalue weighted by molar-refractivity contribution is 6.31. The predicted molar refractivity (Wildman–Crippen MR) is 56.8 cm³/mol. The van der Waals surface area contributed by atoms with Gasteiger partial charge >= 0.3 is 5.97 Å². The van der Waals surface area contributed by atoms with Gasteiger partial charge in [0.2, 0.25) is 0 Å². The third kappa shape index (κ3) is 3.88. The monoisotopic (exact) mass is 230 g/mol. The molecule has 0 heterocycles. The van der Waals surface area contributed by atoms with E-state index in [1.54, 1.807) is 18.2 Å². The van der Waals surface area contributed by atoms with Crippen molar-refractivity contribution in [1.29, 1.82) is 0 Å². The Bertz CT molecular complexity index is 352. The van der Waals surface area contributed by atoms with Crippen LogP contribution in [0.4, 0.5) is 4.39 Å². The minimum atomic E-state index is -0.813. The minimum Gasteiger partial charge on any atom is -0.481 e. The van der Waals surface area contributed by atoms with Crippen LogP contribution in [0.15, 0.2) is 18.2 Å². The molecular formula is C11H12ClFO2. The average molecular weight is 231 g/mol. The maximum absolute atomic E-state index is 12.3. The number of carboxylic acid groups (broad SMARTS) is 1. The highest BCUT2D eigenvalue weighted by atomic mass is 35.5. The van der Waals surface area contributed by atoms with Crippen LogP contribution < -0.4 is 0 Å². The fourth-order valence-corrected chi connectivity index (χ4v) is 1.60. The molecule has 0 unspecified atom stereocenters. The molecule has 1 aromatic rings. The Kier molecular flexibility index (Phi) is 4.56. The zero-order chi connectivity index (χ0) is 11.3. The lowest BCUT2D eigenvalue weighted by Gasteiger charge is -2.04. The minimum absolute atomic E-state index is 0.126. The van der Waals surface area contributed by atoms with Gasteiger partial charge < -0.3 is 5.11 Å². The third-order valence-corrected chi connectivity index (χ3v) is 2.46. The lowest BCUT2D eigenvalue weighted by Crippen LogP contribution is -1.96. The van der Waals surface area contributed by atoms with Gasteiger partial charge in [0, 0.05) is 11.4 Å². The molecule has 0 spiro atoms. The molecule has 0 aliphatic carbocycles. The molecule has 1 aromatic carbocycles. The second kappa shape index (κ2) is 5.71. The first-order valence-electron chi connectivity index (χ1n) is 4.68. The van der Waals surface area contributed by atoms with E-state index in [4.69, 9.17) is 16.7 Å². The van der Waals surface area contributed by atoms with Gasteiger partial charge in [0.15, 0.2) is 0 Å². The molecule has 2 nitrogen and oxygen atoms in total. The number of aryl methyl sites for hydroxylation is 1. The van der Waals surface area contributed by atoms with Crippen molar-refractivity contribution >= 4 is 17.6 Å². The van der Waals surface area contributed by atoms with E-state index in [-0.39, 0.29) is 6.42 Å². The molecule has 1 rings (SSSR count). The standard InChI is InChI=1S/C11H12ClFO2/c12-10-6-8(7-13)4-5-9(10)2-1-3-11(14)15/h4-6H,1-3,7H2,(H,14,15). The number of alkyl halides is 1. The quantitative estimate of drug-likeness (QED) is 0.843. The zero-order valence-electron chi connectivity index (χ0n) is 8.17. The van der Waals surface area contributed by atoms with Gasteiger partial charge in [0.1, 0.15) is 6.67 Å². The molecule has 0 fully saturated rings. The van der Waals surface area contributed by atoms with Crippen LogP contribution in [0.3, 0.4) is 0 Å². The molecule has 1 N–H and O–H groups in total. The van der Waals surface area contributed by atoms with E-state index >= 15 is 0 Å². The fraction of sp³-hybridized carbons (Fsp3) is 0.364. The Balaban J connectivity index is 2.58. The summed E-state index contributed by atoms with van der Waals surface area (Å²) in [5.41, 5.74) is 1.41. The van der Waals surface area contributed by atoms with E-state index in [2.05, 4.69) is 0 Å². The molecule has 0 atom stereocenters. The van der Waals surface area contributed by atoms with Gasteiger partial charge in [-0.1, -0.05) is 23.7 Å². The number of halogens is 2. The maximum atomic E-state index is 12.3. The van der Waals surface area contributed by atoms with Gasteiger partial charge in [0.25, 0.3) is 0 Å². The molecule has 0 aliphatic heterocycles. The topological polar surface area (TPSA) is 37.3 Å². The molecule has 0 amide bonds. The van der Waals surface area contributed by atoms with Gasteiger partial charge in [-0.25, -0.2) is 4.39 Å². The van der Waals surface area contributed by atoms with E-state index < -0.39 is 12.6 Å². The van der Waals surface area contributed by atoms with Crippen molar-refractivity contribution in [3.63, 3.8) is 0 Å². The Labute approximate surface area is 92.7 Å². The molecule has 82 valence electrons. The van der Waals surface area contributed by atoms with Crippen LogP contribution in [0.5, 0.6) is 0 Å². The van der Waals surface area contributed by atoms with E-state index in [1.807, 2.05) is 0 Å². The van der Waals surface area contributed by atoms with Crippen molar-refractivity contribution in [3.8, 4) is 0 Å². The summed E-state index contributed by atoms with van der Waals surface area (Å²) in [6.45, 7) is -0.533. The van der Waals surface area contributed by atoms with Crippen molar-refractivity contribution in [1.82, 2.24) is 0 Å². The predicted octanol–water partition coefficient (Wildman–Crippen LogP) is 3.22. The Morgan fingerprint density at radius 2 is 2.20 bits per heavy atom. The molecule has 0 aliphatic rings. The van der Waals surface area contributed by atoms with Crippen molar-refractivity contribution in [2.75, 3.05) is 0 Å². The molecule has 4 heteroatoms. The van der Waals surface area contributed by atoms with Crippen LogP contribution in [-0.2, 0) is 17.9 Å². The highest BCUT2D eigenvalue weighted by Crippen LogP contribution is 2.20. The number of hydrogen-bond donors (Lipinski definition) is 1. The van der Waals surface area contributed by atoms with Crippen molar-refractivity contribution in [2.45, 2.75) is 25.9 Å². The summed E-state index contributed by atoms with van der Waals surface area (Å²) in [4.78, 5) is 10.3. The molecule has 0 bridgehead atoms. The lowest BCUT2D eigenvalue weighted by atomic mass is 10.1. The van der Waals surface area contributed by atoms with Gasteiger partial charge in [-0.2, -0.15) is 0 Å². The first-order chi connectivity index (χ1) is 7.13. The molecule has 15 heavy (non-hydrogen) atoms. The van der Waals surface area contributed by atoms with Crippen molar-refractivity contribution in [2.24, 2.45) is 0 Å². The van der Waals surface area contributed by atoms with Crippen LogP contribution in [0, 0.1) is 0 Å². The lowest BCUT2D eigenvalue weighted by molar-refractivity contribution is -0.137. The summed E-state index contributed by atoms with van der Waals surface area (Å²) in [6, 6.07) is 5.00.